The molecule has 1 aliphatic rings. The van der Waals surface area contributed by atoms with E-state index in [2.05, 4.69) is 5.32 Å². The van der Waals surface area contributed by atoms with Crippen molar-refractivity contribution in [1.82, 2.24) is 10.2 Å². The zero-order valence-corrected chi connectivity index (χ0v) is 13.3. The van der Waals surface area contributed by atoms with E-state index in [9.17, 15) is 4.79 Å². The number of nitrogens with zero attached hydrogens (tertiary/aromatic N) is 1. The van der Waals surface area contributed by atoms with Crippen molar-refractivity contribution in [2.75, 3.05) is 26.7 Å². The second-order valence-corrected chi connectivity index (χ2v) is 5.78. The van der Waals surface area contributed by atoms with Gasteiger partial charge in [-0.2, -0.15) is 0 Å². The Kier molecular flexibility index (Phi) is 5.62. The minimum Gasteiger partial charge on any atom is -0.480 e. The molecule has 1 fully saturated rings. The van der Waals surface area contributed by atoms with E-state index >= 15 is 0 Å². The quantitative estimate of drug-likeness (QED) is 0.873. The summed E-state index contributed by atoms with van der Waals surface area (Å²) in [6.07, 6.45) is 1.40. The Hall–Kier alpha value is -1.55. The lowest BCUT2D eigenvalue weighted by molar-refractivity contribution is -0.137. The number of para-hydroxylation sites is 1. The number of benzene rings is 1. The van der Waals surface area contributed by atoms with Crippen molar-refractivity contribution < 1.29 is 9.53 Å². The highest BCUT2D eigenvalue weighted by atomic mass is 16.5. The second kappa shape index (κ2) is 7.46. The van der Waals surface area contributed by atoms with Crippen LogP contribution in [0.1, 0.15) is 25.3 Å². The van der Waals surface area contributed by atoms with Crippen molar-refractivity contribution in [3.8, 4) is 5.75 Å². The molecular weight excluding hydrogens is 264 g/mol. The number of rotatable bonds is 6. The lowest BCUT2D eigenvalue weighted by Crippen LogP contribution is -2.41. The number of carbonyl (C=O) groups excluding carboxylic acids is 1. The standard InChI is InChI=1S/C17H26N2O2/c1-4-15(21-16-8-6-5-7-13(16)2)17(20)19-10-9-14(12-19)11-18-3/h5-8,14-15,18H,4,9-12H2,1-3H3/t14-,15-/m0/s1. The highest BCUT2D eigenvalue weighted by molar-refractivity contribution is 5.81. The van der Waals surface area contributed by atoms with Gasteiger partial charge in [-0.3, -0.25) is 4.79 Å². The maximum atomic E-state index is 12.6. The molecule has 0 aromatic heterocycles. The topological polar surface area (TPSA) is 41.6 Å². The Morgan fingerprint density at radius 1 is 1.48 bits per heavy atom. The highest BCUT2D eigenvalue weighted by Crippen LogP contribution is 2.22. The maximum Gasteiger partial charge on any atom is 0.263 e. The van der Waals surface area contributed by atoms with Crippen molar-refractivity contribution in [3.63, 3.8) is 0 Å². The number of carbonyl (C=O) groups is 1. The summed E-state index contributed by atoms with van der Waals surface area (Å²) in [6, 6.07) is 7.86. The first-order chi connectivity index (χ1) is 10.2. The molecule has 0 unspecified atom stereocenters. The molecule has 1 heterocycles. The molecule has 1 aromatic carbocycles. The Morgan fingerprint density at radius 3 is 2.90 bits per heavy atom. The Bertz CT molecular complexity index is 476. The van der Waals surface area contributed by atoms with Gasteiger partial charge in [-0.15, -0.1) is 0 Å². The smallest absolute Gasteiger partial charge is 0.263 e. The van der Waals surface area contributed by atoms with Crippen LogP contribution in [0.25, 0.3) is 0 Å². The summed E-state index contributed by atoms with van der Waals surface area (Å²) in [5.41, 5.74) is 1.07. The first kappa shape index (κ1) is 15.8. The van der Waals surface area contributed by atoms with Gasteiger partial charge in [0, 0.05) is 13.1 Å². The van der Waals surface area contributed by atoms with E-state index in [1.807, 2.05) is 50.1 Å². The molecule has 0 spiro atoms. The van der Waals surface area contributed by atoms with Crippen molar-refractivity contribution in [2.24, 2.45) is 5.92 Å². The molecule has 2 atom stereocenters. The summed E-state index contributed by atoms with van der Waals surface area (Å²) >= 11 is 0. The molecule has 1 saturated heterocycles. The molecule has 4 heteroatoms. The third-order valence-electron chi connectivity index (χ3n) is 4.10. The van der Waals surface area contributed by atoms with Gasteiger partial charge in [-0.1, -0.05) is 25.1 Å². The van der Waals surface area contributed by atoms with E-state index in [-0.39, 0.29) is 12.0 Å². The number of hydrogen-bond acceptors (Lipinski definition) is 3. The fourth-order valence-corrected chi connectivity index (χ4v) is 2.84. The number of aryl methyl sites for hydroxylation is 1. The monoisotopic (exact) mass is 290 g/mol. The molecular formula is C17H26N2O2. The van der Waals surface area contributed by atoms with Crippen LogP contribution in [0.3, 0.4) is 0 Å². The Morgan fingerprint density at radius 2 is 2.24 bits per heavy atom. The van der Waals surface area contributed by atoms with Crippen LogP contribution < -0.4 is 10.1 Å². The zero-order valence-electron chi connectivity index (χ0n) is 13.3. The molecule has 0 aliphatic carbocycles. The lowest BCUT2D eigenvalue weighted by atomic mass is 10.1. The van der Waals surface area contributed by atoms with Crippen LogP contribution in [0.5, 0.6) is 5.75 Å². The summed E-state index contributed by atoms with van der Waals surface area (Å²) < 4.78 is 5.96. The fourth-order valence-electron chi connectivity index (χ4n) is 2.84. The number of amides is 1. The van der Waals surface area contributed by atoms with Crippen LogP contribution in [-0.4, -0.2) is 43.6 Å². The Balaban J connectivity index is 1.98. The number of hydrogen-bond donors (Lipinski definition) is 1. The summed E-state index contributed by atoms with van der Waals surface area (Å²) in [4.78, 5) is 14.6. The van der Waals surface area contributed by atoms with Crippen LogP contribution in [-0.2, 0) is 4.79 Å². The van der Waals surface area contributed by atoms with Crippen LogP contribution >= 0.6 is 0 Å². The summed E-state index contributed by atoms with van der Waals surface area (Å²) in [6.45, 7) is 6.67. The third-order valence-corrected chi connectivity index (χ3v) is 4.10. The van der Waals surface area contributed by atoms with Gasteiger partial charge in [-0.05, 0) is 50.9 Å². The van der Waals surface area contributed by atoms with Gasteiger partial charge in [0.15, 0.2) is 6.10 Å². The van der Waals surface area contributed by atoms with Crippen molar-refractivity contribution in [2.45, 2.75) is 32.8 Å². The summed E-state index contributed by atoms with van der Waals surface area (Å²) in [5.74, 6) is 1.50. The SMILES string of the molecule is CC[C@H](Oc1ccccc1C)C(=O)N1CC[C@@H](CNC)C1. The van der Waals surface area contributed by atoms with E-state index in [4.69, 9.17) is 4.74 Å². The predicted molar refractivity (Wildman–Crippen MR) is 84.5 cm³/mol. The van der Waals surface area contributed by atoms with E-state index in [1.165, 1.54) is 0 Å². The van der Waals surface area contributed by atoms with Gasteiger partial charge in [0.25, 0.3) is 5.91 Å². The fraction of sp³-hybridized carbons (Fsp3) is 0.588. The number of likely N-dealkylation sites (tertiary alicyclic amines) is 1. The van der Waals surface area contributed by atoms with E-state index in [0.29, 0.717) is 12.3 Å². The molecule has 1 N–H and O–H groups in total. The molecule has 4 nitrogen and oxygen atoms in total. The van der Waals surface area contributed by atoms with E-state index in [0.717, 1.165) is 37.4 Å². The van der Waals surface area contributed by atoms with Gasteiger partial charge >= 0.3 is 0 Å². The van der Waals surface area contributed by atoms with Crippen molar-refractivity contribution in [3.05, 3.63) is 29.8 Å². The average molecular weight is 290 g/mol. The molecule has 1 aliphatic heterocycles. The normalized spacial score (nSPS) is 19.6. The number of ether oxygens (including phenoxy) is 1. The van der Waals surface area contributed by atoms with Crippen LogP contribution in [0.15, 0.2) is 24.3 Å². The summed E-state index contributed by atoms with van der Waals surface area (Å²) in [7, 11) is 1.96. The second-order valence-electron chi connectivity index (χ2n) is 5.78. The van der Waals surface area contributed by atoms with Crippen LogP contribution in [0.2, 0.25) is 0 Å². The van der Waals surface area contributed by atoms with Crippen molar-refractivity contribution >= 4 is 5.91 Å². The lowest BCUT2D eigenvalue weighted by Gasteiger charge is -2.24. The van der Waals surface area contributed by atoms with E-state index in [1.54, 1.807) is 0 Å². The van der Waals surface area contributed by atoms with Crippen LogP contribution in [0.4, 0.5) is 0 Å². The van der Waals surface area contributed by atoms with Gasteiger partial charge in [0.05, 0.1) is 0 Å². The molecule has 1 aromatic rings. The van der Waals surface area contributed by atoms with E-state index < -0.39 is 0 Å². The summed E-state index contributed by atoms with van der Waals surface area (Å²) in [5, 5.41) is 3.19. The van der Waals surface area contributed by atoms with Gasteiger partial charge < -0.3 is 15.0 Å². The first-order valence-corrected chi connectivity index (χ1v) is 7.81. The minimum absolute atomic E-state index is 0.124. The molecule has 0 bridgehead atoms. The first-order valence-electron chi connectivity index (χ1n) is 7.81. The molecule has 116 valence electrons. The van der Waals surface area contributed by atoms with Gasteiger partial charge in [-0.25, -0.2) is 0 Å². The molecule has 2 rings (SSSR count). The minimum atomic E-state index is -0.376. The molecule has 0 radical (unpaired) electrons. The predicted octanol–water partition coefficient (Wildman–Crippen LogP) is 2.22. The molecule has 21 heavy (non-hydrogen) atoms. The Labute approximate surface area is 127 Å². The molecule has 1 amide bonds. The maximum absolute atomic E-state index is 12.6. The van der Waals surface area contributed by atoms with Crippen molar-refractivity contribution in [1.29, 1.82) is 0 Å². The largest absolute Gasteiger partial charge is 0.480 e. The van der Waals surface area contributed by atoms with Gasteiger partial charge in [0.1, 0.15) is 5.75 Å². The number of nitrogens with one attached hydrogen (secondary N) is 1. The van der Waals surface area contributed by atoms with Crippen LogP contribution in [0, 0.1) is 12.8 Å². The van der Waals surface area contributed by atoms with Gasteiger partial charge in [0.2, 0.25) is 0 Å². The zero-order chi connectivity index (χ0) is 15.2. The highest BCUT2D eigenvalue weighted by Gasteiger charge is 2.31. The average Bonchev–Trinajstić information content (AvgIpc) is 2.95. The third kappa shape index (κ3) is 3.97. The molecule has 0 saturated carbocycles.